The highest BCUT2D eigenvalue weighted by Gasteiger charge is 2.39. The summed E-state index contributed by atoms with van der Waals surface area (Å²) in [6.45, 7) is 5.18. The Labute approximate surface area is 119 Å². The first-order valence-corrected chi connectivity index (χ1v) is 7.49. The van der Waals surface area contributed by atoms with E-state index in [1.807, 2.05) is 19.1 Å². The van der Waals surface area contributed by atoms with E-state index in [0.717, 1.165) is 19.6 Å². The maximum Gasteiger partial charge on any atom is 0.262 e. The molecule has 1 aromatic rings. The standard InChI is InChI=1S/C16H20N2O2/c1-12(11-17-9-5-2-6-10-17)18-15(19)13-7-3-4-8-14(13)16(18)20/h3-4,7-8,12H,2,5-6,9-11H2,1H3/p+1/t12-/m0/s1. The second-order valence-electron chi connectivity index (χ2n) is 5.89. The summed E-state index contributed by atoms with van der Waals surface area (Å²) in [4.78, 5) is 27.7. The largest absolute Gasteiger partial charge is 0.333 e. The molecule has 4 heteroatoms. The maximum absolute atomic E-state index is 12.4. The van der Waals surface area contributed by atoms with Crippen molar-refractivity contribution in [1.82, 2.24) is 4.90 Å². The van der Waals surface area contributed by atoms with Crippen LogP contribution in [0.5, 0.6) is 0 Å². The van der Waals surface area contributed by atoms with Gasteiger partial charge in [-0.1, -0.05) is 12.1 Å². The van der Waals surface area contributed by atoms with Crippen molar-refractivity contribution in [2.75, 3.05) is 19.6 Å². The number of carbonyl (C=O) groups excluding carboxylic acids is 2. The third kappa shape index (κ3) is 2.24. The minimum atomic E-state index is -0.130. The molecule has 106 valence electrons. The molecule has 20 heavy (non-hydrogen) atoms. The van der Waals surface area contributed by atoms with Gasteiger partial charge in [0.15, 0.2) is 0 Å². The average molecular weight is 273 g/mol. The highest BCUT2D eigenvalue weighted by molar-refractivity contribution is 6.21. The normalized spacial score (nSPS) is 21.1. The van der Waals surface area contributed by atoms with Crippen molar-refractivity contribution in [3.63, 3.8) is 0 Å². The van der Waals surface area contributed by atoms with E-state index in [9.17, 15) is 9.59 Å². The first kappa shape index (κ1) is 13.3. The molecule has 3 rings (SSSR count). The van der Waals surface area contributed by atoms with Gasteiger partial charge in [0.2, 0.25) is 0 Å². The molecule has 1 saturated heterocycles. The van der Waals surface area contributed by atoms with Crippen LogP contribution in [0.25, 0.3) is 0 Å². The van der Waals surface area contributed by atoms with Crippen LogP contribution in [0.2, 0.25) is 0 Å². The zero-order valence-corrected chi connectivity index (χ0v) is 11.9. The van der Waals surface area contributed by atoms with Gasteiger partial charge in [-0.05, 0) is 38.3 Å². The Morgan fingerprint density at radius 2 is 1.60 bits per heavy atom. The van der Waals surface area contributed by atoms with E-state index in [4.69, 9.17) is 0 Å². The van der Waals surface area contributed by atoms with Crippen LogP contribution in [0.15, 0.2) is 24.3 Å². The SMILES string of the molecule is C[C@@H](C[NH+]1CCCCC1)N1C(=O)c2ccccc2C1=O. The summed E-state index contributed by atoms with van der Waals surface area (Å²) >= 11 is 0. The summed E-state index contributed by atoms with van der Waals surface area (Å²) < 4.78 is 0. The van der Waals surface area contributed by atoms with Gasteiger partial charge in [-0.3, -0.25) is 14.5 Å². The summed E-state index contributed by atoms with van der Waals surface area (Å²) in [5.41, 5.74) is 1.11. The van der Waals surface area contributed by atoms with Gasteiger partial charge in [-0.15, -0.1) is 0 Å². The fourth-order valence-electron chi connectivity index (χ4n) is 3.37. The lowest BCUT2D eigenvalue weighted by molar-refractivity contribution is -0.906. The summed E-state index contributed by atoms with van der Waals surface area (Å²) in [6.07, 6.45) is 3.82. The monoisotopic (exact) mass is 273 g/mol. The van der Waals surface area contributed by atoms with Gasteiger partial charge in [0.25, 0.3) is 11.8 Å². The third-order valence-electron chi connectivity index (χ3n) is 4.41. The van der Waals surface area contributed by atoms with Crippen LogP contribution in [0.1, 0.15) is 46.9 Å². The molecule has 0 radical (unpaired) electrons. The number of imide groups is 1. The van der Waals surface area contributed by atoms with Gasteiger partial charge in [-0.2, -0.15) is 0 Å². The molecule has 0 saturated carbocycles. The molecule has 4 nitrogen and oxygen atoms in total. The zero-order valence-electron chi connectivity index (χ0n) is 11.9. The lowest BCUT2D eigenvalue weighted by Crippen LogP contribution is -3.14. The number of amides is 2. The van der Waals surface area contributed by atoms with Crippen LogP contribution in [-0.4, -0.2) is 42.4 Å². The fraction of sp³-hybridized carbons (Fsp3) is 0.500. The van der Waals surface area contributed by atoms with Crippen LogP contribution in [0.3, 0.4) is 0 Å². The highest BCUT2D eigenvalue weighted by atomic mass is 16.2. The molecule has 1 atom stereocenters. The number of nitrogens with zero attached hydrogens (tertiary/aromatic N) is 1. The Kier molecular flexibility index (Phi) is 3.57. The van der Waals surface area contributed by atoms with E-state index in [1.165, 1.54) is 29.1 Å². The van der Waals surface area contributed by atoms with Crippen LogP contribution >= 0.6 is 0 Å². The number of hydrogen-bond acceptors (Lipinski definition) is 2. The summed E-state index contributed by atoms with van der Waals surface area (Å²) in [7, 11) is 0. The van der Waals surface area contributed by atoms with E-state index in [-0.39, 0.29) is 17.9 Å². The Bertz CT molecular complexity index is 500. The molecular weight excluding hydrogens is 252 g/mol. The molecule has 2 amide bonds. The fourth-order valence-corrected chi connectivity index (χ4v) is 3.37. The number of piperidine rings is 1. The molecule has 0 aromatic heterocycles. The van der Waals surface area contributed by atoms with Gasteiger partial charge in [0.05, 0.1) is 36.8 Å². The van der Waals surface area contributed by atoms with Gasteiger partial charge < -0.3 is 4.90 Å². The van der Waals surface area contributed by atoms with Crippen LogP contribution in [0.4, 0.5) is 0 Å². The number of rotatable bonds is 3. The quantitative estimate of drug-likeness (QED) is 0.825. The average Bonchev–Trinajstić information content (AvgIpc) is 2.72. The Balaban J connectivity index is 1.74. The van der Waals surface area contributed by atoms with E-state index in [2.05, 4.69) is 0 Å². The molecule has 2 heterocycles. The van der Waals surface area contributed by atoms with Gasteiger partial charge in [0.1, 0.15) is 0 Å². The lowest BCUT2D eigenvalue weighted by Gasteiger charge is -2.29. The Hall–Kier alpha value is -1.68. The Morgan fingerprint density at radius 3 is 2.15 bits per heavy atom. The number of quaternary nitrogens is 1. The summed E-state index contributed by atoms with van der Waals surface area (Å²) in [6, 6.07) is 7.09. The number of benzene rings is 1. The molecule has 0 spiro atoms. The molecule has 0 unspecified atom stereocenters. The van der Waals surface area contributed by atoms with Crippen LogP contribution in [0, 0.1) is 0 Å². The molecular formula is C16H21N2O2+. The minimum Gasteiger partial charge on any atom is -0.333 e. The first-order valence-electron chi connectivity index (χ1n) is 7.49. The van der Waals surface area contributed by atoms with E-state index >= 15 is 0 Å². The van der Waals surface area contributed by atoms with Crippen molar-refractivity contribution >= 4 is 11.8 Å². The van der Waals surface area contributed by atoms with Crippen molar-refractivity contribution in [2.45, 2.75) is 32.2 Å². The van der Waals surface area contributed by atoms with Crippen LogP contribution < -0.4 is 4.90 Å². The predicted molar refractivity (Wildman–Crippen MR) is 75.8 cm³/mol. The summed E-state index contributed by atoms with van der Waals surface area (Å²) in [5.74, 6) is -0.260. The van der Waals surface area contributed by atoms with Gasteiger partial charge in [0, 0.05) is 0 Å². The number of likely N-dealkylation sites (tertiary alicyclic amines) is 1. The third-order valence-corrected chi connectivity index (χ3v) is 4.41. The second-order valence-corrected chi connectivity index (χ2v) is 5.89. The van der Waals surface area contributed by atoms with Crippen molar-refractivity contribution in [2.24, 2.45) is 0 Å². The minimum absolute atomic E-state index is 0.0319. The number of carbonyl (C=O) groups is 2. The lowest BCUT2D eigenvalue weighted by atomic mass is 10.1. The van der Waals surface area contributed by atoms with Crippen molar-refractivity contribution in [1.29, 1.82) is 0 Å². The Morgan fingerprint density at radius 1 is 1.05 bits per heavy atom. The molecule has 1 aromatic carbocycles. The van der Waals surface area contributed by atoms with E-state index < -0.39 is 0 Å². The van der Waals surface area contributed by atoms with Crippen molar-refractivity contribution in [3.05, 3.63) is 35.4 Å². The predicted octanol–water partition coefficient (Wildman–Crippen LogP) is 0.740. The molecule has 0 aliphatic carbocycles. The maximum atomic E-state index is 12.4. The first-order chi connectivity index (χ1) is 9.68. The highest BCUT2D eigenvalue weighted by Crippen LogP contribution is 2.23. The van der Waals surface area contributed by atoms with Crippen molar-refractivity contribution in [3.8, 4) is 0 Å². The second kappa shape index (κ2) is 5.37. The molecule has 2 aliphatic heterocycles. The molecule has 0 bridgehead atoms. The molecule has 1 N–H and O–H groups in total. The molecule has 1 fully saturated rings. The van der Waals surface area contributed by atoms with Crippen molar-refractivity contribution < 1.29 is 14.5 Å². The zero-order chi connectivity index (χ0) is 14.1. The topological polar surface area (TPSA) is 41.8 Å². The van der Waals surface area contributed by atoms with E-state index in [1.54, 1.807) is 12.1 Å². The van der Waals surface area contributed by atoms with Crippen LogP contribution in [-0.2, 0) is 0 Å². The van der Waals surface area contributed by atoms with Gasteiger partial charge >= 0.3 is 0 Å². The molecule has 2 aliphatic rings. The summed E-state index contributed by atoms with van der Waals surface area (Å²) in [5, 5.41) is 0. The number of hydrogen-bond donors (Lipinski definition) is 1. The van der Waals surface area contributed by atoms with E-state index in [0.29, 0.717) is 11.1 Å². The van der Waals surface area contributed by atoms with Gasteiger partial charge in [-0.25, -0.2) is 0 Å². The number of fused-ring (bicyclic) bond motifs is 1. The number of nitrogens with one attached hydrogen (secondary N) is 1. The smallest absolute Gasteiger partial charge is 0.262 e.